The van der Waals surface area contributed by atoms with Crippen molar-refractivity contribution in [1.82, 2.24) is 20.2 Å². The fourth-order valence-electron chi connectivity index (χ4n) is 5.34. The van der Waals surface area contributed by atoms with E-state index in [1.54, 1.807) is 31.2 Å². The van der Waals surface area contributed by atoms with E-state index in [4.69, 9.17) is 0 Å². The van der Waals surface area contributed by atoms with Crippen LogP contribution in [0, 0.1) is 12.8 Å². The summed E-state index contributed by atoms with van der Waals surface area (Å²) in [5, 5.41) is 2.99. The van der Waals surface area contributed by atoms with E-state index in [2.05, 4.69) is 53.9 Å². The van der Waals surface area contributed by atoms with Crippen LogP contribution in [0.2, 0.25) is 0 Å². The Morgan fingerprint density at radius 3 is 2.42 bits per heavy atom. The highest BCUT2D eigenvalue weighted by Crippen LogP contribution is 2.43. The molecule has 0 saturated heterocycles. The van der Waals surface area contributed by atoms with Gasteiger partial charge in [0.1, 0.15) is 0 Å². The molecule has 3 aromatic rings. The van der Waals surface area contributed by atoms with Crippen LogP contribution in [0.25, 0.3) is 0 Å². The summed E-state index contributed by atoms with van der Waals surface area (Å²) in [6.07, 6.45) is 3.67. The Kier molecular flexibility index (Phi) is 8.04. The first-order valence-corrected chi connectivity index (χ1v) is 14.8. The van der Waals surface area contributed by atoms with Gasteiger partial charge in [-0.05, 0) is 53.8 Å². The molecule has 2 aromatic carbocycles. The van der Waals surface area contributed by atoms with Crippen molar-refractivity contribution in [3.05, 3.63) is 88.5 Å². The van der Waals surface area contributed by atoms with Crippen molar-refractivity contribution < 1.29 is 13.2 Å². The lowest BCUT2D eigenvalue weighted by Crippen LogP contribution is -2.46. The highest BCUT2D eigenvalue weighted by atomic mass is 32.2. The van der Waals surface area contributed by atoms with Gasteiger partial charge in [-0.15, -0.1) is 0 Å². The standard InChI is InChI=1S/C30H38N4O3S/c1-7-38(36,37)25-11-8-22(9-12-25)16-33-29(35)23-10-13-26-27(14-23)30(5,6)19-34(28(26)20(2)3)18-24-17-31-21(4)15-32-24/h8-15,17,20,28H,7,16,18-19H2,1-6H3,(H,33,35)/t28-/m1/s1. The minimum atomic E-state index is -3.24. The molecule has 0 unspecified atom stereocenters. The number of nitrogens with zero attached hydrogens (tertiary/aromatic N) is 3. The van der Waals surface area contributed by atoms with Gasteiger partial charge in [0.25, 0.3) is 5.91 Å². The molecule has 2 heterocycles. The molecule has 1 aromatic heterocycles. The number of hydrogen-bond acceptors (Lipinski definition) is 6. The average molecular weight is 535 g/mol. The van der Waals surface area contributed by atoms with E-state index >= 15 is 0 Å². The van der Waals surface area contributed by atoms with Gasteiger partial charge in [0.2, 0.25) is 0 Å². The van der Waals surface area contributed by atoms with Crippen molar-refractivity contribution in [3.8, 4) is 0 Å². The third-order valence-electron chi connectivity index (χ3n) is 7.30. The Labute approximate surface area is 226 Å². The Morgan fingerprint density at radius 2 is 1.82 bits per heavy atom. The van der Waals surface area contributed by atoms with E-state index in [1.165, 1.54) is 11.1 Å². The Hall–Kier alpha value is -3.10. The summed E-state index contributed by atoms with van der Waals surface area (Å²) in [6.45, 7) is 14.4. The van der Waals surface area contributed by atoms with Gasteiger partial charge in [-0.25, -0.2) is 8.42 Å². The van der Waals surface area contributed by atoms with E-state index in [-0.39, 0.29) is 23.1 Å². The van der Waals surface area contributed by atoms with E-state index in [9.17, 15) is 13.2 Å². The van der Waals surface area contributed by atoms with Gasteiger partial charge in [0.15, 0.2) is 9.84 Å². The molecule has 7 nitrogen and oxygen atoms in total. The van der Waals surface area contributed by atoms with E-state index in [0.717, 1.165) is 30.0 Å². The van der Waals surface area contributed by atoms with Gasteiger partial charge in [-0.2, -0.15) is 0 Å². The molecule has 0 bridgehead atoms. The topological polar surface area (TPSA) is 92.3 Å². The second kappa shape index (κ2) is 10.9. The van der Waals surface area contributed by atoms with Crippen molar-refractivity contribution in [2.45, 2.75) is 71.0 Å². The monoisotopic (exact) mass is 534 g/mol. The maximum absolute atomic E-state index is 13.1. The largest absolute Gasteiger partial charge is 0.348 e. The second-order valence-electron chi connectivity index (χ2n) is 11.2. The number of carbonyl (C=O) groups excluding carboxylic acids is 1. The molecule has 202 valence electrons. The second-order valence-corrected chi connectivity index (χ2v) is 13.4. The van der Waals surface area contributed by atoms with Crippen LogP contribution in [0.4, 0.5) is 0 Å². The minimum absolute atomic E-state index is 0.0627. The van der Waals surface area contributed by atoms with Crippen molar-refractivity contribution >= 4 is 15.7 Å². The van der Waals surface area contributed by atoms with E-state index in [0.29, 0.717) is 22.9 Å². The molecule has 4 rings (SSSR count). The van der Waals surface area contributed by atoms with E-state index in [1.807, 2.05) is 31.5 Å². The summed E-state index contributed by atoms with van der Waals surface area (Å²) < 4.78 is 24.1. The SMILES string of the molecule is CCS(=O)(=O)c1ccc(CNC(=O)c2ccc3c(c2)C(C)(C)CN(Cc2cnc(C)cn2)[C@@H]3C(C)C)cc1. The van der Waals surface area contributed by atoms with Gasteiger partial charge in [-0.1, -0.05) is 52.8 Å². The zero-order valence-electron chi connectivity index (χ0n) is 23.2. The number of nitrogens with one attached hydrogen (secondary N) is 1. The summed E-state index contributed by atoms with van der Waals surface area (Å²) in [6, 6.07) is 13.0. The molecular formula is C30H38N4O3S. The van der Waals surface area contributed by atoms with Crippen LogP contribution >= 0.6 is 0 Å². The number of carbonyl (C=O) groups is 1. The predicted octanol–water partition coefficient (Wildman–Crippen LogP) is 5.00. The molecule has 0 saturated carbocycles. The molecule has 0 aliphatic carbocycles. The fourth-order valence-corrected chi connectivity index (χ4v) is 6.22. The van der Waals surface area contributed by atoms with Crippen molar-refractivity contribution in [2.24, 2.45) is 5.92 Å². The van der Waals surface area contributed by atoms with Crippen molar-refractivity contribution in [1.29, 1.82) is 0 Å². The Bertz CT molecular complexity index is 1400. The summed E-state index contributed by atoms with van der Waals surface area (Å²) in [5.74, 6) is 0.294. The van der Waals surface area contributed by atoms with Gasteiger partial charge in [-0.3, -0.25) is 19.7 Å². The number of hydrogen-bond donors (Lipinski definition) is 1. The number of aryl methyl sites for hydroxylation is 1. The highest BCUT2D eigenvalue weighted by molar-refractivity contribution is 7.91. The van der Waals surface area contributed by atoms with Crippen LogP contribution in [0.3, 0.4) is 0 Å². The number of rotatable bonds is 8. The lowest BCUT2D eigenvalue weighted by Gasteiger charge is -2.47. The first-order chi connectivity index (χ1) is 17.9. The zero-order valence-corrected chi connectivity index (χ0v) is 24.0. The molecule has 1 aliphatic rings. The minimum Gasteiger partial charge on any atom is -0.348 e. The van der Waals surface area contributed by atoms with Crippen molar-refractivity contribution in [2.75, 3.05) is 12.3 Å². The molecule has 1 amide bonds. The van der Waals surface area contributed by atoms with Gasteiger partial charge in [0.05, 0.1) is 22.0 Å². The van der Waals surface area contributed by atoms with Crippen molar-refractivity contribution in [3.63, 3.8) is 0 Å². The summed E-state index contributed by atoms with van der Waals surface area (Å²) in [7, 11) is -3.24. The molecule has 1 aliphatic heterocycles. The summed E-state index contributed by atoms with van der Waals surface area (Å²) >= 11 is 0. The highest BCUT2D eigenvalue weighted by Gasteiger charge is 2.39. The lowest BCUT2D eigenvalue weighted by molar-refractivity contribution is 0.0941. The third kappa shape index (κ3) is 5.97. The first kappa shape index (κ1) is 27.9. The normalized spacial score (nSPS) is 17.3. The van der Waals surface area contributed by atoms with Gasteiger partial charge < -0.3 is 5.32 Å². The molecule has 0 spiro atoms. The summed E-state index contributed by atoms with van der Waals surface area (Å²) in [5.41, 5.74) is 5.63. The predicted molar refractivity (Wildman–Crippen MR) is 150 cm³/mol. The first-order valence-electron chi connectivity index (χ1n) is 13.2. The van der Waals surface area contributed by atoms with Crippen LogP contribution in [0.15, 0.2) is 59.8 Å². The molecule has 38 heavy (non-hydrogen) atoms. The Morgan fingerprint density at radius 1 is 1.11 bits per heavy atom. The fraction of sp³-hybridized carbons (Fsp3) is 0.433. The third-order valence-corrected chi connectivity index (χ3v) is 9.05. The van der Waals surface area contributed by atoms with Crippen LogP contribution < -0.4 is 5.32 Å². The Balaban J connectivity index is 1.53. The smallest absolute Gasteiger partial charge is 0.251 e. The number of fused-ring (bicyclic) bond motifs is 1. The molecule has 1 N–H and O–H groups in total. The molecule has 1 atom stereocenters. The number of sulfone groups is 1. The molecule has 0 radical (unpaired) electrons. The molecular weight excluding hydrogens is 496 g/mol. The average Bonchev–Trinajstić information content (AvgIpc) is 2.88. The summed E-state index contributed by atoms with van der Waals surface area (Å²) in [4.78, 5) is 24.9. The lowest BCUT2D eigenvalue weighted by atomic mass is 9.73. The maximum atomic E-state index is 13.1. The van der Waals surface area contributed by atoms with E-state index < -0.39 is 9.84 Å². The number of amides is 1. The number of aromatic nitrogens is 2. The van der Waals surface area contributed by atoms with Gasteiger partial charge >= 0.3 is 0 Å². The zero-order chi connectivity index (χ0) is 27.7. The maximum Gasteiger partial charge on any atom is 0.251 e. The van der Waals surface area contributed by atoms with Gasteiger partial charge in [0, 0.05) is 49.0 Å². The number of benzene rings is 2. The molecule has 0 fully saturated rings. The van der Waals surface area contributed by atoms with Crippen LogP contribution in [-0.4, -0.2) is 41.5 Å². The quantitative estimate of drug-likeness (QED) is 0.437. The molecule has 8 heteroatoms. The van der Waals surface area contributed by atoms with Crippen LogP contribution in [-0.2, 0) is 28.3 Å². The van der Waals surface area contributed by atoms with Crippen LogP contribution in [0.1, 0.15) is 79.1 Å². The van der Waals surface area contributed by atoms with Crippen LogP contribution in [0.5, 0.6) is 0 Å².